The lowest BCUT2D eigenvalue weighted by atomic mass is 10.1. The van der Waals surface area contributed by atoms with Gasteiger partial charge in [0.25, 0.3) is 0 Å². The number of carbonyl (C=O) groups is 1. The summed E-state index contributed by atoms with van der Waals surface area (Å²) in [7, 11) is 1.63. The summed E-state index contributed by atoms with van der Waals surface area (Å²) in [6, 6.07) is 5.95. The van der Waals surface area contributed by atoms with Crippen LogP contribution in [0.4, 0.5) is 0 Å². The molecule has 18 heavy (non-hydrogen) atoms. The number of nitrogens with one attached hydrogen (secondary N) is 1. The van der Waals surface area contributed by atoms with Gasteiger partial charge in [0.15, 0.2) is 0 Å². The van der Waals surface area contributed by atoms with Crippen LogP contribution in [0.1, 0.15) is 18.4 Å². The lowest BCUT2D eigenvalue weighted by Gasteiger charge is -2.09. The summed E-state index contributed by atoms with van der Waals surface area (Å²) in [5.74, 6) is 0.837. The smallest absolute Gasteiger partial charge is 0.219 e. The van der Waals surface area contributed by atoms with Crippen molar-refractivity contribution in [3.8, 4) is 5.75 Å². The monoisotopic (exact) mass is 314 g/mol. The van der Waals surface area contributed by atoms with E-state index in [1.807, 2.05) is 18.2 Å². The Kier molecular flexibility index (Phi) is 6.75. The molecule has 0 fully saturated rings. The van der Waals surface area contributed by atoms with Crippen molar-refractivity contribution in [1.29, 1.82) is 0 Å². The molecule has 0 aromatic heterocycles. The molecule has 1 aromatic rings. The number of nitrogens with two attached hydrogens (primary N) is 1. The van der Waals surface area contributed by atoms with E-state index in [1.54, 1.807) is 7.05 Å². The van der Waals surface area contributed by atoms with Gasteiger partial charge in [-0.15, -0.1) is 0 Å². The Morgan fingerprint density at radius 1 is 1.50 bits per heavy atom. The number of carbonyl (C=O) groups excluding carboxylic acids is 1. The highest BCUT2D eigenvalue weighted by Crippen LogP contribution is 2.26. The first-order valence-electron chi connectivity index (χ1n) is 5.99. The summed E-state index contributed by atoms with van der Waals surface area (Å²) in [5, 5.41) is 2.58. The molecule has 1 aromatic carbocycles. The second kappa shape index (κ2) is 8.11. The van der Waals surface area contributed by atoms with Crippen LogP contribution in [-0.4, -0.2) is 26.1 Å². The molecule has 0 saturated carbocycles. The Morgan fingerprint density at radius 2 is 2.28 bits per heavy atom. The van der Waals surface area contributed by atoms with E-state index in [9.17, 15) is 4.79 Å². The lowest BCUT2D eigenvalue weighted by molar-refractivity contribution is -0.120. The minimum atomic E-state index is 0.0379. The fourth-order valence-corrected chi connectivity index (χ4v) is 2.06. The van der Waals surface area contributed by atoms with Gasteiger partial charge in [0.1, 0.15) is 5.75 Å². The Bertz CT molecular complexity index is 397. The van der Waals surface area contributed by atoms with Crippen LogP contribution in [0.2, 0.25) is 0 Å². The molecule has 0 bridgehead atoms. The van der Waals surface area contributed by atoms with Crippen molar-refractivity contribution in [2.75, 3.05) is 20.2 Å². The van der Waals surface area contributed by atoms with Gasteiger partial charge in [0.05, 0.1) is 11.1 Å². The number of hydrogen-bond acceptors (Lipinski definition) is 3. The third-order valence-corrected chi connectivity index (χ3v) is 3.13. The zero-order chi connectivity index (χ0) is 13.4. The Hall–Kier alpha value is -1.07. The van der Waals surface area contributed by atoms with Gasteiger partial charge < -0.3 is 15.8 Å². The van der Waals surface area contributed by atoms with Crippen molar-refractivity contribution in [3.63, 3.8) is 0 Å². The van der Waals surface area contributed by atoms with Crippen molar-refractivity contribution < 1.29 is 9.53 Å². The fourth-order valence-electron chi connectivity index (χ4n) is 1.52. The van der Waals surface area contributed by atoms with Crippen molar-refractivity contribution in [2.45, 2.75) is 19.3 Å². The maximum atomic E-state index is 11.0. The standard InChI is InChI=1S/C13H19BrN2O2/c1-16-13(17)3-2-8-18-12-5-4-10(6-7-15)9-11(12)14/h4-5,9H,2-3,6-8,15H2,1H3,(H,16,17). The predicted molar refractivity (Wildman–Crippen MR) is 75.7 cm³/mol. The highest BCUT2D eigenvalue weighted by atomic mass is 79.9. The second-order valence-electron chi connectivity index (χ2n) is 3.93. The normalized spacial score (nSPS) is 10.2. The van der Waals surface area contributed by atoms with E-state index in [0.29, 0.717) is 26.0 Å². The summed E-state index contributed by atoms with van der Waals surface area (Å²) in [4.78, 5) is 11.0. The summed E-state index contributed by atoms with van der Waals surface area (Å²) < 4.78 is 6.53. The quantitative estimate of drug-likeness (QED) is 0.755. The average Bonchev–Trinajstić information content (AvgIpc) is 2.36. The van der Waals surface area contributed by atoms with Gasteiger partial charge in [-0.2, -0.15) is 0 Å². The van der Waals surface area contributed by atoms with Crippen LogP contribution in [0.25, 0.3) is 0 Å². The molecule has 1 amide bonds. The zero-order valence-corrected chi connectivity index (χ0v) is 12.1. The predicted octanol–water partition coefficient (Wildman–Crippen LogP) is 1.86. The van der Waals surface area contributed by atoms with Gasteiger partial charge in [-0.1, -0.05) is 6.07 Å². The van der Waals surface area contributed by atoms with Gasteiger partial charge >= 0.3 is 0 Å². The molecule has 0 saturated heterocycles. The van der Waals surface area contributed by atoms with Crippen LogP contribution in [0.5, 0.6) is 5.75 Å². The number of amides is 1. The molecule has 0 unspecified atom stereocenters. The molecular weight excluding hydrogens is 296 g/mol. The molecular formula is C13H19BrN2O2. The van der Waals surface area contributed by atoms with E-state index >= 15 is 0 Å². The molecule has 0 radical (unpaired) electrons. The number of benzene rings is 1. The molecule has 3 N–H and O–H groups in total. The van der Waals surface area contributed by atoms with Crippen LogP contribution < -0.4 is 15.8 Å². The van der Waals surface area contributed by atoms with E-state index in [1.165, 1.54) is 5.56 Å². The fraction of sp³-hybridized carbons (Fsp3) is 0.462. The summed E-state index contributed by atoms with van der Waals surface area (Å²) in [6.07, 6.45) is 2.05. The second-order valence-corrected chi connectivity index (χ2v) is 4.78. The van der Waals surface area contributed by atoms with E-state index in [0.717, 1.165) is 16.6 Å². The maximum Gasteiger partial charge on any atom is 0.219 e. The topological polar surface area (TPSA) is 64.3 Å². The van der Waals surface area contributed by atoms with Crippen LogP contribution >= 0.6 is 15.9 Å². The molecule has 1 rings (SSSR count). The van der Waals surface area contributed by atoms with Crippen LogP contribution in [0, 0.1) is 0 Å². The Morgan fingerprint density at radius 3 is 2.89 bits per heavy atom. The van der Waals surface area contributed by atoms with E-state index in [2.05, 4.69) is 21.2 Å². The maximum absolute atomic E-state index is 11.0. The average molecular weight is 315 g/mol. The number of rotatable bonds is 7. The largest absolute Gasteiger partial charge is 0.492 e. The van der Waals surface area contributed by atoms with Gasteiger partial charge in [0, 0.05) is 13.5 Å². The first-order chi connectivity index (χ1) is 8.67. The minimum Gasteiger partial charge on any atom is -0.492 e. The highest BCUT2D eigenvalue weighted by molar-refractivity contribution is 9.10. The van der Waals surface area contributed by atoms with Gasteiger partial charge in [-0.25, -0.2) is 0 Å². The lowest BCUT2D eigenvalue weighted by Crippen LogP contribution is -2.18. The van der Waals surface area contributed by atoms with Crippen molar-refractivity contribution >= 4 is 21.8 Å². The van der Waals surface area contributed by atoms with Crippen molar-refractivity contribution in [3.05, 3.63) is 28.2 Å². The van der Waals surface area contributed by atoms with Gasteiger partial charge in [-0.3, -0.25) is 4.79 Å². The SMILES string of the molecule is CNC(=O)CCCOc1ccc(CCN)cc1Br. The first kappa shape index (κ1) is 15.0. The molecule has 0 atom stereocenters. The number of halogens is 1. The minimum absolute atomic E-state index is 0.0379. The summed E-state index contributed by atoms with van der Waals surface area (Å²) >= 11 is 3.47. The van der Waals surface area contributed by atoms with Crippen LogP contribution in [0.15, 0.2) is 22.7 Å². The molecule has 100 valence electrons. The molecule has 0 aliphatic rings. The summed E-state index contributed by atoms with van der Waals surface area (Å²) in [5.41, 5.74) is 6.69. The first-order valence-corrected chi connectivity index (χ1v) is 6.78. The van der Waals surface area contributed by atoms with Crippen molar-refractivity contribution in [1.82, 2.24) is 5.32 Å². The molecule has 0 aliphatic carbocycles. The third kappa shape index (κ3) is 5.06. The molecule has 4 nitrogen and oxygen atoms in total. The number of ether oxygens (including phenoxy) is 1. The van der Waals surface area contributed by atoms with E-state index in [-0.39, 0.29) is 5.91 Å². The van der Waals surface area contributed by atoms with E-state index < -0.39 is 0 Å². The highest BCUT2D eigenvalue weighted by Gasteiger charge is 2.03. The third-order valence-electron chi connectivity index (χ3n) is 2.51. The molecule has 0 heterocycles. The Labute approximate surface area is 116 Å². The molecule has 5 heteroatoms. The van der Waals surface area contributed by atoms with Crippen LogP contribution in [-0.2, 0) is 11.2 Å². The molecule has 0 aliphatic heterocycles. The number of hydrogen-bond donors (Lipinski definition) is 2. The van der Waals surface area contributed by atoms with E-state index in [4.69, 9.17) is 10.5 Å². The Balaban J connectivity index is 2.40. The van der Waals surface area contributed by atoms with Gasteiger partial charge in [0.2, 0.25) is 5.91 Å². The van der Waals surface area contributed by atoms with Crippen LogP contribution in [0.3, 0.4) is 0 Å². The summed E-state index contributed by atoms with van der Waals surface area (Å²) in [6.45, 7) is 1.17. The zero-order valence-electron chi connectivity index (χ0n) is 10.5. The molecule has 0 spiro atoms. The van der Waals surface area contributed by atoms with Gasteiger partial charge in [-0.05, 0) is 53.0 Å². The van der Waals surface area contributed by atoms with Crippen molar-refractivity contribution in [2.24, 2.45) is 5.73 Å².